The minimum Gasteiger partial charge on any atom is -0.353 e. The van der Waals surface area contributed by atoms with Crippen LogP contribution >= 0.6 is 0 Å². The van der Waals surface area contributed by atoms with Gasteiger partial charge in [0.25, 0.3) is 0 Å². The molecule has 3 amide bonds. The average molecular weight is 295 g/mol. The zero-order valence-corrected chi connectivity index (χ0v) is 13.3. The van der Waals surface area contributed by atoms with Gasteiger partial charge in [-0.25, -0.2) is 0 Å². The number of carbonyl (C=O) groups excluding carboxylic acids is 3. The second-order valence-corrected chi connectivity index (χ2v) is 6.91. The number of hydrogen-bond acceptors (Lipinski definition) is 3. The highest BCUT2D eigenvalue weighted by Crippen LogP contribution is 2.27. The lowest BCUT2D eigenvalue weighted by Crippen LogP contribution is -2.60. The predicted octanol–water partition coefficient (Wildman–Crippen LogP) is 0.370. The van der Waals surface area contributed by atoms with Gasteiger partial charge in [0.2, 0.25) is 17.7 Å². The minimum absolute atomic E-state index is 0.00691. The van der Waals surface area contributed by atoms with Crippen molar-refractivity contribution in [1.29, 1.82) is 0 Å². The summed E-state index contributed by atoms with van der Waals surface area (Å²) in [5.74, 6) is -0.207. The molecule has 2 saturated heterocycles. The molecule has 6 nitrogen and oxygen atoms in total. The molecular formula is C15H25N3O3. The van der Waals surface area contributed by atoms with E-state index in [1.807, 2.05) is 20.8 Å². The fourth-order valence-electron chi connectivity index (χ4n) is 2.97. The molecule has 118 valence electrons. The summed E-state index contributed by atoms with van der Waals surface area (Å²) >= 11 is 0. The van der Waals surface area contributed by atoms with Crippen LogP contribution in [0.25, 0.3) is 0 Å². The Morgan fingerprint density at radius 2 is 1.86 bits per heavy atom. The third-order valence-electron chi connectivity index (χ3n) is 4.22. The topological polar surface area (TPSA) is 69.7 Å². The molecular weight excluding hydrogens is 270 g/mol. The van der Waals surface area contributed by atoms with E-state index in [1.54, 1.807) is 16.7 Å². The van der Waals surface area contributed by atoms with E-state index in [-0.39, 0.29) is 17.7 Å². The molecule has 2 heterocycles. The second-order valence-electron chi connectivity index (χ2n) is 6.91. The summed E-state index contributed by atoms with van der Waals surface area (Å²) in [5.41, 5.74) is -0.492. The maximum absolute atomic E-state index is 12.8. The van der Waals surface area contributed by atoms with Crippen LogP contribution in [-0.4, -0.2) is 59.2 Å². The molecule has 2 aliphatic heterocycles. The quantitative estimate of drug-likeness (QED) is 0.760. The lowest BCUT2D eigenvalue weighted by molar-refractivity contribution is -0.152. The third-order valence-corrected chi connectivity index (χ3v) is 4.22. The number of carbonyl (C=O) groups is 3. The van der Waals surface area contributed by atoms with Gasteiger partial charge in [0, 0.05) is 25.0 Å². The maximum atomic E-state index is 12.8. The van der Waals surface area contributed by atoms with Crippen molar-refractivity contribution in [3.63, 3.8) is 0 Å². The molecule has 2 atom stereocenters. The zero-order valence-electron chi connectivity index (χ0n) is 13.3. The van der Waals surface area contributed by atoms with Gasteiger partial charge >= 0.3 is 0 Å². The molecule has 0 saturated carbocycles. The molecule has 2 unspecified atom stereocenters. The Morgan fingerprint density at radius 3 is 2.48 bits per heavy atom. The number of hydrogen-bond donors (Lipinski definition) is 1. The molecule has 0 aromatic carbocycles. The largest absolute Gasteiger partial charge is 0.353 e. The zero-order chi connectivity index (χ0) is 15.8. The van der Waals surface area contributed by atoms with E-state index in [0.717, 1.165) is 6.42 Å². The van der Waals surface area contributed by atoms with E-state index in [1.165, 1.54) is 0 Å². The van der Waals surface area contributed by atoms with Crippen molar-refractivity contribution >= 4 is 17.7 Å². The number of likely N-dealkylation sites (tertiary alicyclic amines) is 1. The van der Waals surface area contributed by atoms with Gasteiger partial charge in [-0.3, -0.25) is 14.4 Å². The van der Waals surface area contributed by atoms with Crippen molar-refractivity contribution in [2.45, 2.75) is 52.6 Å². The van der Waals surface area contributed by atoms with Gasteiger partial charge in [0.1, 0.15) is 12.1 Å². The van der Waals surface area contributed by atoms with Gasteiger partial charge in [0.15, 0.2) is 0 Å². The lowest BCUT2D eigenvalue weighted by Gasteiger charge is -2.37. The maximum Gasteiger partial charge on any atom is 0.246 e. The van der Waals surface area contributed by atoms with Crippen molar-refractivity contribution in [1.82, 2.24) is 15.1 Å². The highest BCUT2D eigenvalue weighted by atomic mass is 16.2. The van der Waals surface area contributed by atoms with E-state index in [2.05, 4.69) is 5.32 Å². The van der Waals surface area contributed by atoms with Gasteiger partial charge in [-0.2, -0.15) is 0 Å². The number of amides is 3. The van der Waals surface area contributed by atoms with Gasteiger partial charge < -0.3 is 15.1 Å². The predicted molar refractivity (Wildman–Crippen MR) is 78.4 cm³/mol. The van der Waals surface area contributed by atoms with E-state index >= 15 is 0 Å². The van der Waals surface area contributed by atoms with E-state index in [0.29, 0.717) is 26.1 Å². The monoisotopic (exact) mass is 295 g/mol. The number of piperazine rings is 1. The Balaban J connectivity index is 2.14. The van der Waals surface area contributed by atoms with Crippen molar-refractivity contribution in [3.05, 3.63) is 0 Å². The Hall–Kier alpha value is -1.59. The summed E-state index contributed by atoms with van der Waals surface area (Å²) in [5, 5.41) is 2.75. The standard InChI is InChI=1S/C15H25N3O3/c1-10-12(19)16-7-9-17(10)13(20)11-6-5-8-18(11)14(21)15(2,3)4/h10-11H,5-9H2,1-4H3,(H,16,19). The highest BCUT2D eigenvalue weighted by Gasteiger charge is 2.42. The van der Waals surface area contributed by atoms with Gasteiger partial charge in [-0.1, -0.05) is 20.8 Å². The molecule has 0 aromatic rings. The number of nitrogens with one attached hydrogen (secondary N) is 1. The molecule has 21 heavy (non-hydrogen) atoms. The SMILES string of the molecule is CC1C(=O)NCCN1C(=O)C1CCCN1C(=O)C(C)(C)C. The fraction of sp³-hybridized carbons (Fsp3) is 0.800. The molecule has 0 aliphatic carbocycles. The van der Waals surface area contributed by atoms with Gasteiger partial charge in [-0.05, 0) is 19.8 Å². The summed E-state index contributed by atoms with van der Waals surface area (Å²) in [7, 11) is 0. The summed E-state index contributed by atoms with van der Waals surface area (Å²) in [6.45, 7) is 8.96. The second kappa shape index (κ2) is 5.66. The Bertz CT molecular complexity index is 456. The van der Waals surface area contributed by atoms with Crippen LogP contribution in [0, 0.1) is 5.41 Å². The summed E-state index contributed by atoms with van der Waals surface area (Å²) in [6.07, 6.45) is 1.53. The van der Waals surface area contributed by atoms with Gasteiger partial charge in [-0.15, -0.1) is 0 Å². The Morgan fingerprint density at radius 1 is 1.19 bits per heavy atom. The minimum atomic E-state index is -0.492. The van der Waals surface area contributed by atoms with Crippen molar-refractivity contribution < 1.29 is 14.4 Å². The Kier molecular flexibility index (Phi) is 4.25. The molecule has 0 radical (unpaired) electrons. The molecule has 6 heteroatoms. The van der Waals surface area contributed by atoms with Crippen LogP contribution in [0.15, 0.2) is 0 Å². The summed E-state index contributed by atoms with van der Waals surface area (Å²) < 4.78 is 0. The summed E-state index contributed by atoms with van der Waals surface area (Å²) in [4.78, 5) is 40.3. The first kappa shape index (κ1) is 15.8. The van der Waals surface area contributed by atoms with Crippen LogP contribution in [0.3, 0.4) is 0 Å². The first-order chi connectivity index (χ1) is 9.73. The van der Waals surface area contributed by atoms with E-state index < -0.39 is 17.5 Å². The fourth-order valence-corrected chi connectivity index (χ4v) is 2.97. The van der Waals surface area contributed by atoms with E-state index in [4.69, 9.17) is 0 Å². The van der Waals surface area contributed by atoms with Crippen LogP contribution in [0.2, 0.25) is 0 Å². The smallest absolute Gasteiger partial charge is 0.246 e. The first-order valence-electron chi connectivity index (χ1n) is 7.62. The lowest BCUT2D eigenvalue weighted by atomic mass is 9.94. The molecule has 0 bridgehead atoms. The molecule has 2 aliphatic rings. The first-order valence-corrected chi connectivity index (χ1v) is 7.62. The van der Waals surface area contributed by atoms with Crippen molar-refractivity contribution in [2.24, 2.45) is 5.41 Å². The van der Waals surface area contributed by atoms with Crippen LogP contribution in [0.1, 0.15) is 40.5 Å². The molecule has 2 rings (SSSR count). The number of rotatable bonds is 1. The molecule has 1 N–H and O–H groups in total. The van der Waals surface area contributed by atoms with Crippen LogP contribution in [0.4, 0.5) is 0 Å². The van der Waals surface area contributed by atoms with Crippen LogP contribution < -0.4 is 5.32 Å². The molecule has 0 aromatic heterocycles. The van der Waals surface area contributed by atoms with Crippen molar-refractivity contribution in [3.8, 4) is 0 Å². The molecule has 0 spiro atoms. The normalized spacial score (nSPS) is 26.8. The molecule has 2 fully saturated rings. The van der Waals surface area contributed by atoms with Crippen LogP contribution in [-0.2, 0) is 14.4 Å². The van der Waals surface area contributed by atoms with E-state index in [9.17, 15) is 14.4 Å². The van der Waals surface area contributed by atoms with Crippen molar-refractivity contribution in [2.75, 3.05) is 19.6 Å². The summed E-state index contributed by atoms with van der Waals surface area (Å²) in [6, 6.07) is -0.872. The van der Waals surface area contributed by atoms with Crippen LogP contribution in [0.5, 0.6) is 0 Å². The average Bonchev–Trinajstić information content (AvgIpc) is 2.88. The highest BCUT2D eigenvalue weighted by molar-refractivity contribution is 5.93. The Labute approximate surface area is 125 Å². The third kappa shape index (κ3) is 3.04. The number of nitrogens with zero attached hydrogens (tertiary/aromatic N) is 2. The van der Waals surface area contributed by atoms with Gasteiger partial charge in [0.05, 0.1) is 0 Å².